The van der Waals surface area contributed by atoms with Crippen LogP contribution in [0, 0.1) is 13.8 Å². The summed E-state index contributed by atoms with van der Waals surface area (Å²) in [6, 6.07) is 3.65. The molecule has 2 nitrogen and oxygen atoms in total. The van der Waals surface area contributed by atoms with Crippen LogP contribution in [0.5, 0.6) is 0 Å². The van der Waals surface area contributed by atoms with E-state index in [4.69, 9.17) is 5.11 Å². The standard InChI is InChI=1S/C10H12O2S/c1-6-5-9(13-3)7(2)4-8(6)10(11)12/h4-5H,1-3H3,(H,11,12). The molecule has 0 amide bonds. The van der Waals surface area contributed by atoms with E-state index >= 15 is 0 Å². The molecule has 0 bridgehead atoms. The number of thioether (sulfide) groups is 1. The van der Waals surface area contributed by atoms with Crippen LogP contribution in [-0.4, -0.2) is 17.3 Å². The molecule has 1 aromatic rings. The zero-order valence-electron chi connectivity index (χ0n) is 7.92. The van der Waals surface area contributed by atoms with Crippen LogP contribution in [0.4, 0.5) is 0 Å². The summed E-state index contributed by atoms with van der Waals surface area (Å²) in [6.45, 7) is 3.75. The summed E-state index contributed by atoms with van der Waals surface area (Å²) in [6.07, 6.45) is 1.99. The third kappa shape index (κ3) is 2.04. The predicted molar refractivity (Wildman–Crippen MR) is 54.7 cm³/mol. The Morgan fingerprint density at radius 2 is 1.92 bits per heavy atom. The van der Waals surface area contributed by atoms with Crippen LogP contribution in [0.15, 0.2) is 17.0 Å². The maximum absolute atomic E-state index is 10.8. The molecular formula is C10H12O2S. The van der Waals surface area contributed by atoms with Crippen molar-refractivity contribution in [2.24, 2.45) is 0 Å². The van der Waals surface area contributed by atoms with Crippen LogP contribution in [0.1, 0.15) is 21.5 Å². The van der Waals surface area contributed by atoms with Crippen molar-refractivity contribution < 1.29 is 9.90 Å². The highest BCUT2D eigenvalue weighted by molar-refractivity contribution is 7.98. The number of carboxylic acids is 1. The predicted octanol–water partition coefficient (Wildman–Crippen LogP) is 2.72. The lowest BCUT2D eigenvalue weighted by Crippen LogP contribution is -2.00. The van der Waals surface area contributed by atoms with Crippen molar-refractivity contribution in [1.82, 2.24) is 0 Å². The maximum Gasteiger partial charge on any atom is 0.335 e. The zero-order chi connectivity index (χ0) is 10.0. The summed E-state index contributed by atoms with van der Waals surface area (Å²) in [7, 11) is 0. The van der Waals surface area contributed by atoms with E-state index in [0.29, 0.717) is 5.56 Å². The number of hydrogen-bond donors (Lipinski definition) is 1. The molecule has 0 aliphatic carbocycles. The van der Waals surface area contributed by atoms with Gasteiger partial charge in [0, 0.05) is 4.90 Å². The molecule has 0 unspecified atom stereocenters. The lowest BCUT2D eigenvalue weighted by molar-refractivity contribution is 0.0696. The third-order valence-electron chi connectivity index (χ3n) is 1.97. The molecule has 0 spiro atoms. The van der Waals surface area contributed by atoms with Gasteiger partial charge < -0.3 is 5.11 Å². The summed E-state index contributed by atoms with van der Waals surface area (Å²) in [4.78, 5) is 11.9. The molecule has 13 heavy (non-hydrogen) atoms. The third-order valence-corrected chi connectivity index (χ3v) is 2.85. The van der Waals surface area contributed by atoms with E-state index in [1.807, 2.05) is 26.2 Å². The smallest absolute Gasteiger partial charge is 0.335 e. The first-order chi connectivity index (χ1) is 6.06. The quantitative estimate of drug-likeness (QED) is 0.739. The summed E-state index contributed by atoms with van der Waals surface area (Å²) >= 11 is 1.64. The van der Waals surface area contributed by atoms with E-state index in [1.165, 1.54) is 0 Å². The monoisotopic (exact) mass is 196 g/mol. The minimum Gasteiger partial charge on any atom is -0.478 e. The van der Waals surface area contributed by atoms with Gasteiger partial charge in [0.2, 0.25) is 0 Å². The minimum atomic E-state index is -0.853. The van der Waals surface area contributed by atoms with Crippen molar-refractivity contribution >= 4 is 17.7 Å². The molecule has 0 aliphatic heterocycles. The topological polar surface area (TPSA) is 37.3 Å². The van der Waals surface area contributed by atoms with Gasteiger partial charge in [0.05, 0.1) is 5.56 Å². The molecule has 0 aromatic heterocycles. The van der Waals surface area contributed by atoms with Crippen molar-refractivity contribution in [3.63, 3.8) is 0 Å². The Morgan fingerprint density at radius 3 is 2.38 bits per heavy atom. The van der Waals surface area contributed by atoms with Crippen molar-refractivity contribution in [2.45, 2.75) is 18.7 Å². The van der Waals surface area contributed by atoms with E-state index in [2.05, 4.69) is 0 Å². The lowest BCUT2D eigenvalue weighted by Gasteiger charge is -2.06. The van der Waals surface area contributed by atoms with Gasteiger partial charge in [-0.1, -0.05) is 0 Å². The van der Waals surface area contributed by atoms with Crippen molar-refractivity contribution in [1.29, 1.82) is 0 Å². The molecule has 1 rings (SSSR count). The molecule has 0 atom stereocenters. The maximum atomic E-state index is 10.8. The normalized spacial score (nSPS) is 10.1. The summed E-state index contributed by atoms with van der Waals surface area (Å²) in [5.74, 6) is -0.853. The van der Waals surface area contributed by atoms with Gasteiger partial charge in [-0.3, -0.25) is 0 Å². The van der Waals surface area contributed by atoms with E-state index in [1.54, 1.807) is 17.8 Å². The molecule has 0 radical (unpaired) electrons. The Bertz CT molecular complexity index is 345. The summed E-state index contributed by atoms with van der Waals surface area (Å²) in [5, 5.41) is 8.85. The Hall–Kier alpha value is -0.960. The second kappa shape index (κ2) is 3.83. The van der Waals surface area contributed by atoms with Gasteiger partial charge in [0.15, 0.2) is 0 Å². The van der Waals surface area contributed by atoms with Gasteiger partial charge in [-0.25, -0.2) is 4.79 Å². The summed E-state index contributed by atoms with van der Waals surface area (Å²) in [5.41, 5.74) is 2.24. The lowest BCUT2D eigenvalue weighted by atomic mass is 10.1. The Kier molecular flexibility index (Phi) is 2.98. The van der Waals surface area contributed by atoms with E-state index < -0.39 is 5.97 Å². The van der Waals surface area contributed by atoms with E-state index in [-0.39, 0.29) is 0 Å². The highest BCUT2D eigenvalue weighted by Crippen LogP contribution is 2.23. The number of aryl methyl sites for hydroxylation is 2. The largest absolute Gasteiger partial charge is 0.478 e. The van der Waals surface area contributed by atoms with Crippen molar-refractivity contribution in [3.05, 3.63) is 28.8 Å². The van der Waals surface area contributed by atoms with E-state index in [9.17, 15) is 4.79 Å². The molecule has 1 N–H and O–H groups in total. The van der Waals surface area contributed by atoms with Crippen LogP contribution in [0.25, 0.3) is 0 Å². The molecule has 70 valence electrons. The second-order valence-electron chi connectivity index (χ2n) is 2.94. The van der Waals surface area contributed by atoms with Crippen LogP contribution in [0.2, 0.25) is 0 Å². The fraction of sp³-hybridized carbons (Fsp3) is 0.300. The molecule has 0 fully saturated rings. The van der Waals surface area contributed by atoms with Gasteiger partial charge in [0.1, 0.15) is 0 Å². The number of carbonyl (C=O) groups is 1. The van der Waals surface area contributed by atoms with Crippen LogP contribution < -0.4 is 0 Å². The molecule has 0 saturated heterocycles. The van der Waals surface area contributed by atoms with Gasteiger partial charge in [-0.2, -0.15) is 0 Å². The molecule has 0 heterocycles. The fourth-order valence-corrected chi connectivity index (χ4v) is 1.92. The van der Waals surface area contributed by atoms with Gasteiger partial charge in [0.25, 0.3) is 0 Å². The highest BCUT2D eigenvalue weighted by Gasteiger charge is 2.09. The fourth-order valence-electron chi connectivity index (χ4n) is 1.24. The van der Waals surface area contributed by atoms with Gasteiger partial charge in [-0.15, -0.1) is 11.8 Å². The number of rotatable bonds is 2. The number of benzene rings is 1. The molecule has 3 heteroatoms. The SMILES string of the molecule is CSc1cc(C)c(C(=O)O)cc1C. The molecule has 0 aliphatic rings. The van der Waals surface area contributed by atoms with Crippen LogP contribution >= 0.6 is 11.8 Å². The molecule has 0 saturated carbocycles. The second-order valence-corrected chi connectivity index (χ2v) is 3.79. The molecule has 1 aromatic carbocycles. The molecular weight excluding hydrogens is 184 g/mol. The first-order valence-electron chi connectivity index (χ1n) is 3.94. The number of hydrogen-bond acceptors (Lipinski definition) is 2. The average molecular weight is 196 g/mol. The van der Waals surface area contributed by atoms with Gasteiger partial charge in [-0.05, 0) is 43.4 Å². The number of aromatic carboxylic acids is 1. The van der Waals surface area contributed by atoms with Gasteiger partial charge >= 0.3 is 5.97 Å². The first kappa shape index (κ1) is 10.1. The zero-order valence-corrected chi connectivity index (χ0v) is 8.73. The average Bonchev–Trinajstić information content (AvgIpc) is 2.07. The number of carboxylic acid groups (broad SMARTS) is 1. The Balaban J connectivity index is 3.28. The van der Waals surface area contributed by atoms with Crippen molar-refractivity contribution in [3.8, 4) is 0 Å². The van der Waals surface area contributed by atoms with Crippen LogP contribution in [0.3, 0.4) is 0 Å². The Labute approximate surface area is 82.0 Å². The van der Waals surface area contributed by atoms with Crippen molar-refractivity contribution in [2.75, 3.05) is 6.26 Å². The minimum absolute atomic E-state index is 0.398. The van der Waals surface area contributed by atoms with Crippen LogP contribution in [-0.2, 0) is 0 Å². The first-order valence-corrected chi connectivity index (χ1v) is 5.17. The highest BCUT2D eigenvalue weighted by atomic mass is 32.2. The summed E-state index contributed by atoms with van der Waals surface area (Å²) < 4.78 is 0. The Morgan fingerprint density at radius 1 is 1.31 bits per heavy atom. The van der Waals surface area contributed by atoms with E-state index in [0.717, 1.165) is 16.0 Å².